The first-order valence-corrected chi connectivity index (χ1v) is 8.52. The maximum Gasteiger partial charge on any atom is 0.326 e. The van der Waals surface area contributed by atoms with Crippen LogP contribution < -0.4 is 5.32 Å². The van der Waals surface area contributed by atoms with Gasteiger partial charge >= 0.3 is 5.97 Å². The lowest BCUT2D eigenvalue weighted by atomic mass is 10.1. The van der Waals surface area contributed by atoms with Crippen molar-refractivity contribution in [2.75, 3.05) is 18.5 Å². The molecule has 27 heavy (non-hydrogen) atoms. The van der Waals surface area contributed by atoms with Crippen molar-refractivity contribution in [3.63, 3.8) is 0 Å². The number of halogens is 2. The topological polar surface area (TPSA) is 92.8 Å². The molecule has 3 rings (SSSR count). The number of hydrogen-bond acceptors (Lipinski definition) is 5. The number of amides is 3. The predicted molar refractivity (Wildman–Crippen MR) is 95.5 cm³/mol. The summed E-state index contributed by atoms with van der Waals surface area (Å²) < 4.78 is 18.9. The van der Waals surface area contributed by atoms with E-state index in [9.17, 15) is 23.6 Å². The van der Waals surface area contributed by atoms with E-state index in [0.717, 1.165) is 4.90 Å². The van der Waals surface area contributed by atoms with Gasteiger partial charge in [0.15, 0.2) is 6.61 Å². The molecule has 1 heterocycles. The zero-order chi connectivity index (χ0) is 19.6. The Morgan fingerprint density at radius 2 is 1.70 bits per heavy atom. The molecule has 0 saturated carbocycles. The number of benzene rings is 2. The van der Waals surface area contributed by atoms with Gasteiger partial charge in [0, 0.05) is 4.47 Å². The molecule has 0 saturated heterocycles. The molecule has 0 spiro atoms. The Morgan fingerprint density at radius 1 is 1.07 bits per heavy atom. The quantitative estimate of drug-likeness (QED) is 0.575. The molecule has 0 atom stereocenters. The van der Waals surface area contributed by atoms with Crippen LogP contribution in [0.3, 0.4) is 0 Å². The summed E-state index contributed by atoms with van der Waals surface area (Å²) in [5, 5.41) is 2.26. The first-order valence-electron chi connectivity index (χ1n) is 7.72. The number of anilines is 1. The van der Waals surface area contributed by atoms with Crippen LogP contribution in [0.4, 0.5) is 10.1 Å². The zero-order valence-electron chi connectivity index (χ0n) is 13.7. The highest BCUT2D eigenvalue weighted by Gasteiger charge is 2.36. The van der Waals surface area contributed by atoms with E-state index < -0.39 is 42.7 Å². The molecule has 1 aliphatic rings. The smallest absolute Gasteiger partial charge is 0.326 e. The number of carbonyl (C=O) groups is 4. The number of ether oxygens (including phenoxy) is 1. The van der Waals surface area contributed by atoms with Crippen LogP contribution in [0.15, 0.2) is 46.9 Å². The number of esters is 1. The number of imide groups is 1. The summed E-state index contributed by atoms with van der Waals surface area (Å²) in [6, 6.07) is 10.2. The fourth-order valence-corrected chi connectivity index (χ4v) is 2.81. The van der Waals surface area contributed by atoms with Gasteiger partial charge in [-0.05, 0) is 30.3 Å². The van der Waals surface area contributed by atoms with Gasteiger partial charge in [0.05, 0.1) is 16.8 Å². The van der Waals surface area contributed by atoms with Gasteiger partial charge in [0.25, 0.3) is 17.7 Å². The lowest BCUT2D eigenvalue weighted by Crippen LogP contribution is -2.36. The molecular weight excluding hydrogens is 423 g/mol. The summed E-state index contributed by atoms with van der Waals surface area (Å²) in [7, 11) is 0. The van der Waals surface area contributed by atoms with E-state index >= 15 is 0 Å². The third-order valence-corrected chi connectivity index (χ3v) is 4.23. The van der Waals surface area contributed by atoms with Crippen LogP contribution in [0.25, 0.3) is 0 Å². The molecule has 0 radical (unpaired) electrons. The number of fused-ring (bicyclic) bond motifs is 1. The van der Waals surface area contributed by atoms with Crippen LogP contribution in [0.1, 0.15) is 20.7 Å². The largest absolute Gasteiger partial charge is 0.454 e. The average molecular weight is 435 g/mol. The van der Waals surface area contributed by atoms with Gasteiger partial charge in [-0.3, -0.25) is 24.1 Å². The molecule has 0 fully saturated rings. The fourth-order valence-electron chi connectivity index (χ4n) is 2.48. The summed E-state index contributed by atoms with van der Waals surface area (Å²) in [5.74, 6) is -3.55. The van der Waals surface area contributed by atoms with Crippen molar-refractivity contribution in [1.29, 1.82) is 0 Å². The Labute approximate surface area is 161 Å². The number of nitrogens with zero attached hydrogens (tertiary/aromatic N) is 1. The Morgan fingerprint density at radius 3 is 2.30 bits per heavy atom. The van der Waals surface area contributed by atoms with Crippen LogP contribution >= 0.6 is 15.9 Å². The molecule has 9 heteroatoms. The van der Waals surface area contributed by atoms with E-state index in [2.05, 4.69) is 21.2 Å². The van der Waals surface area contributed by atoms with E-state index in [-0.39, 0.29) is 16.8 Å². The van der Waals surface area contributed by atoms with E-state index in [1.54, 1.807) is 12.1 Å². The second-order valence-corrected chi connectivity index (χ2v) is 6.49. The Hall–Kier alpha value is -3.07. The summed E-state index contributed by atoms with van der Waals surface area (Å²) in [5.41, 5.74) is 0.345. The Balaban J connectivity index is 1.54. The molecule has 2 aromatic rings. The van der Waals surface area contributed by atoms with E-state index in [1.165, 1.54) is 30.3 Å². The SMILES string of the molecule is O=C(COC(=O)CN1C(=O)c2ccccc2C1=O)Nc1ccc(Br)cc1F. The van der Waals surface area contributed by atoms with E-state index in [1.807, 2.05) is 0 Å². The third-order valence-electron chi connectivity index (χ3n) is 3.73. The standard InChI is InChI=1S/C18H12BrFN2O5/c19-10-5-6-14(13(20)7-10)21-15(23)9-27-16(24)8-22-17(25)11-3-1-2-4-12(11)18(22)26/h1-7H,8-9H2,(H,21,23). The molecule has 0 unspecified atom stereocenters. The Bertz CT molecular complexity index is 928. The minimum atomic E-state index is -0.934. The van der Waals surface area contributed by atoms with Crippen LogP contribution in [-0.4, -0.2) is 41.7 Å². The fraction of sp³-hybridized carbons (Fsp3) is 0.111. The van der Waals surface area contributed by atoms with Gasteiger partial charge < -0.3 is 10.1 Å². The minimum absolute atomic E-state index is 0.0698. The summed E-state index contributed by atoms with van der Waals surface area (Å²) in [6.07, 6.45) is 0. The van der Waals surface area contributed by atoms with Gasteiger partial charge in [-0.15, -0.1) is 0 Å². The lowest BCUT2D eigenvalue weighted by molar-refractivity contribution is -0.147. The minimum Gasteiger partial charge on any atom is -0.454 e. The highest BCUT2D eigenvalue weighted by atomic mass is 79.9. The van der Waals surface area contributed by atoms with Gasteiger partial charge in [0.1, 0.15) is 12.4 Å². The van der Waals surface area contributed by atoms with E-state index in [4.69, 9.17) is 4.74 Å². The van der Waals surface area contributed by atoms with Crippen molar-refractivity contribution >= 4 is 45.3 Å². The highest BCUT2D eigenvalue weighted by molar-refractivity contribution is 9.10. The molecule has 1 aliphatic heterocycles. The predicted octanol–water partition coefficient (Wildman–Crippen LogP) is 2.37. The van der Waals surface area contributed by atoms with Gasteiger partial charge in [-0.25, -0.2) is 4.39 Å². The number of rotatable bonds is 5. The second kappa shape index (κ2) is 7.67. The summed E-state index contributed by atoms with van der Waals surface area (Å²) in [6.45, 7) is -1.30. The van der Waals surface area contributed by atoms with E-state index in [0.29, 0.717) is 4.47 Å². The lowest BCUT2D eigenvalue weighted by Gasteiger charge is -2.13. The van der Waals surface area contributed by atoms with Crippen molar-refractivity contribution < 1.29 is 28.3 Å². The van der Waals surface area contributed by atoms with Crippen molar-refractivity contribution in [3.05, 3.63) is 63.9 Å². The zero-order valence-corrected chi connectivity index (χ0v) is 15.3. The highest BCUT2D eigenvalue weighted by Crippen LogP contribution is 2.22. The number of nitrogens with one attached hydrogen (secondary N) is 1. The second-order valence-electron chi connectivity index (χ2n) is 5.58. The maximum absolute atomic E-state index is 13.7. The molecular formula is C18H12BrFN2O5. The van der Waals surface area contributed by atoms with Crippen molar-refractivity contribution in [2.24, 2.45) is 0 Å². The van der Waals surface area contributed by atoms with Crippen LogP contribution in [0, 0.1) is 5.82 Å². The van der Waals surface area contributed by atoms with Crippen molar-refractivity contribution in [2.45, 2.75) is 0 Å². The number of hydrogen-bond donors (Lipinski definition) is 1. The van der Waals surface area contributed by atoms with Gasteiger partial charge in [-0.2, -0.15) is 0 Å². The molecule has 0 aliphatic carbocycles. The van der Waals surface area contributed by atoms with Crippen LogP contribution in [0.2, 0.25) is 0 Å². The van der Waals surface area contributed by atoms with Crippen molar-refractivity contribution in [3.8, 4) is 0 Å². The molecule has 2 aromatic carbocycles. The Kier molecular flexibility index (Phi) is 5.31. The van der Waals surface area contributed by atoms with Gasteiger partial charge in [-0.1, -0.05) is 28.1 Å². The average Bonchev–Trinajstić information content (AvgIpc) is 2.88. The normalized spacial score (nSPS) is 12.7. The maximum atomic E-state index is 13.7. The van der Waals surface area contributed by atoms with Crippen LogP contribution in [0.5, 0.6) is 0 Å². The molecule has 3 amide bonds. The molecule has 7 nitrogen and oxygen atoms in total. The van der Waals surface area contributed by atoms with Crippen molar-refractivity contribution in [1.82, 2.24) is 4.90 Å². The monoisotopic (exact) mass is 434 g/mol. The van der Waals surface area contributed by atoms with Crippen LogP contribution in [-0.2, 0) is 14.3 Å². The molecule has 0 aromatic heterocycles. The summed E-state index contributed by atoms with van der Waals surface area (Å²) in [4.78, 5) is 48.7. The molecule has 0 bridgehead atoms. The summed E-state index contributed by atoms with van der Waals surface area (Å²) >= 11 is 3.09. The molecule has 1 N–H and O–H groups in total. The third kappa shape index (κ3) is 4.03. The number of carbonyl (C=O) groups excluding carboxylic acids is 4. The first-order chi connectivity index (χ1) is 12.9. The van der Waals surface area contributed by atoms with Gasteiger partial charge in [0.2, 0.25) is 0 Å². The molecule has 138 valence electrons. The first kappa shape index (κ1) is 18.7.